The first-order chi connectivity index (χ1) is 19.8. The van der Waals surface area contributed by atoms with Gasteiger partial charge in [0.2, 0.25) is 5.91 Å². The first kappa shape index (κ1) is 33.3. The molecule has 0 spiro atoms. The summed E-state index contributed by atoms with van der Waals surface area (Å²) in [5.41, 5.74) is 8.60. The molecule has 2 rings (SSSR count). The molecule has 4 N–H and O–H groups in total. The largest absolute Gasteiger partial charge is 0.447 e. The molecule has 1 unspecified atom stereocenters. The Morgan fingerprint density at radius 2 is 1.73 bits per heavy atom. The van der Waals surface area contributed by atoms with Gasteiger partial charge in [0.05, 0.1) is 43.7 Å². The van der Waals surface area contributed by atoms with Gasteiger partial charge in [-0.15, -0.1) is 0 Å². The van der Waals surface area contributed by atoms with Crippen LogP contribution in [0.3, 0.4) is 0 Å². The van der Waals surface area contributed by atoms with Crippen molar-refractivity contribution in [1.82, 2.24) is 5.32 Å². The minimum Gasteiger partial charge on any atom is -0.447 e. The topological polar surface area (TPSA) is 158 Å². The third-order valence-corrected chi connectivity index (χ3v) is 5.68. The Morgan fingerprint density at radius 3 is 2.37 bits per heavy atom. The predicted molar refractivity (Wildman–Crippen MR) is 153 cm³/mol. The molecule has 2 aromatic carbocycles. The van der Waals surface area contributed by atoms with E-state index in [4.69, 9.17) is 41.5 Å². The summed E-state index contributed by atoms with van der Waals surface area (Å²) in [6.07, 6.45) is 2.97. The van der Waals surface area contributed by atoms with E-state index in [1.54, 1.807) is 19.2 Å². The van der Waals surface area contributed by atoms with Gasteiger partial charge in [-0.1, -0.05) is 29.0 Å². The number of carbonyl (C=O) groups is 2. The molecule has 0 saturated carbocycles. The number of halogens is 2. The predicted octanol–water partition coefficient (Wildman–Crippen LogP) is 4.83. The quantitative estimate of drug-likeness (QED) is 0.0482. The Hall–Kier alpha value is -3.91. The van der Waals surface area contributed by atoms with Gasteiger partial charge in [0.25, 0.3) is 0 Å². The highest BCUT2D eigenvalue weighted by Crippen LogP contribution is 2.29. The maximum absolute atomic E-state index is 14.6. The van der Waals surface area contributed by atoms with Crippen LogP contribution in [0.5, 0.6) is 0 Å². The first-order valence-electron chi connectivity index (χ1n) is 12.6. The van der Waals surface area contributed by atoms with Crippen molar-refractivity contribution < 1.29 is 32.9 Å². The number of hydrogen-bond donors (Lipinski definition) is 4. The molecule has 0 heterocycles. The summed E-state index contributed by atoms with van der Waals surface area (Å²) in [7, 11) is 1.60. The fourth-order valence-corrected chi connectivity index (χ4v) is 3.62. The van der Waals surface area contributed by atoms with E-state index in [1.807, 2.05) is 19.1 Å². The Kier molecular flexibility index (Phi) is 15.0. The number of nitrogens with one attached hydrogen (secondary N) is 4. The minimum atomic E-state index is -0.804. The lowest BCUT2D eigenvalue weighted by Gasteiger charge is -2.15. The fraction of sp³-hybridized carbons (Fsp3) is 0.370. The van der Waals surface area contributed by atoms with Crippen LogP contribution in [0.2, 0.25) is 5.02 Å². The minimum absolute atomic E-state index is 0.0828. The van der Waals surface area contributed by atoms with Crippen molar-refractivity contribution in [2.24, 2.45) is 5.22 Å². The average Bonchev–Trinajstić information content (AvgIpc) is 2.95. The number of amides is 2. The van der Waals surface area contributed by atoms with E-state index in [0.717, 1.165) is 23.0 Å². The van der Waals surface area contributed by atoms with Crippen molar-refractivity contribution in [3.05, 3.63) is 64.4 Å². The van der Waals surface area contributed by atoms with Crippen LogP contribution in [0.1, 0.15) is 18.1 Å². The monoisotopic (exact) mass is 592 g/mol. The van der Waals surface area contributed by atoms with E-state index in [-0.39, 0.29) is 35.5 Å². The molecular formula is C27H34ClFN6O6. The lowest BCUT2D eigenvalue weighted by molar-refractivity contribution is -0.117. The van der Waals surface area contributed by atoms with Crippen LogP contribution in [-0.4, -0.2) is 71.1 Å². The summed E-state index contributed by atoms with van der Waals surface area (Å²) in [6, 6.07) is 9.45. The van der Waals surface area contributed by atoms with E-state index >= 15 is 0 Å². The first-order valence-corrected chi connectivity index (χ1v) is 13.0. The number of nitrogens with zero attached hydrogens (tertiary/aromatic N) is 2. The van der Waals surface area contributed by atoms with Crippen LogP contribution < -0.4 is 15.6 Å². The molecule has 222 valence electrons. The molecule has 0 bridgehead atoms. The second-order valence-electron chi connectivity index (χ2n) is 8.49. The second kappa shape index (κ2) is 18.4. The number of hydrogen-bond acceptors (Lipinski definition) is 9. The second-order valence-corrected chi connectivity index (χ2v) is 8.90. The molecule has 0 aliphatic rings. The van der Waals surface area contributed by atoms with Crippen molar-refractivity contribution in [3.63, 3.8) is 0 Å². The summed E-state index contributed by atoms with van der Waals surface area (Å²) in [5.74, 6) is -1.28. The lowest BCUT2D eigenvalue weighted by atomic mass is 10.1. The van der Waals surface area contributed by atoms with Gasteiger partial charge in [0.1, 0.15) is 12.9 Å². The summed E-state index contributed by atoms with van der Waals surface area (Å²) < 4.78 is 35.1. The number of benzene rings is 2. The SMILES string of the molecule is COCCOCCOCCOC(=O)Nc1ccc(CC(C)NC(=O)/C=C/c2c(N(C=N)N=N)ccc(Cl)c2F)cc1. The molecule has 14 heteroatoms. The molecule has 0 aliphatic carbocycles. The van der Waals surface area contributed by atoms with Gasteiger partial charge in [-0.05, 0) is 49.2 Å². The van der Waals surface area contributed by atoms with Crippen molar-refractivity contribution in [1.29, 1.82) is 10.9 Å². The average molecular weight is 593 g/mol. The fourth-order valence-electron chi connectivity index (χ4n) is 3.46. The van der Waals surface area contributed by atoms with E-state index in [1.165, 1.54) is 18.2 Å². The highest BCUT2D eigenvalue weighted by Gasteiger charge is 2.15. The zero-order chi connectivity index (χ0) is 30.0. The van der Waals surface area contributed by atoms with Crippen LogP contribution >= 0.6 is 11.6 Å². The molecule has 2 aromatic rings. The highest BCUT2D eigenvalue weighted by molar-refractivity contribution is 6.31. The highest BCUT2D eigenvalue weighted by atomic mass is 35.5. The van der Waals surface area contributed by atoms with Gasteiger partial charge in [-0.2, -0.15) is 5.53 Å². The van der Waals surface area contributed by atoms with Gasteiger partial charge in [-0.3, -0.25) is 15.5 Å². The van der Waals surface area contributed by atoms with Crippen LogP contribution in [0, 0.1) is 16.8 Å². The summed E-state index contributed by atoms with van der Waals surface area (Å²) in [4.78, 5) is 24.4. The van der Waals surface area contributed by atoms with Crippen LogP contribution in [0.25, 0.3) is 6.08 Å². The summed E-state index contributed by atoms with van der Waals surface area (Å²) in [5, 5.41) is 16.6. The van der Waals surface area contributed by atoms with Gasteiger partial charge < -0.3 is 24.3 Å². The van der Waals surface area contributed by atoms with Crippen LogP contribution in [-0.2, 0) is 30.2 Å². The Morgan fingerprint density at radius 1 is 1.07 bits per heavy atom. The van der Waals surface area contributed by atoms with E-state index in [2.05, 4.69) is 15.9 Å². The zero-order valence-corrected chi connectivity index (χ0v) is 23.6. The molecule has 1 atom stereocenters. The van der Waals surface area contributed by atoms with Crippen molar-refractivity contribution in [2.75, 3.05) is 57.1 Å². The molecule has 41 heavy (non-hydrogen) atoms. The normalized spacial score (nSPS) is 11.6. The number of methoxy groups -OCH3 is 1. The molecule has 0 aromatic heterocycles. The summed E-state index contributed by atoms with van der Waals surface area (Å²) in [6.45, 7) is 3.99. The third-order valence-electron chi connectivity index (χ3n) is 5.38. The molecule has 0 radical (unpaired) electrons. The van der Waals surface area contributed by atoms with Gasteiger partial charge in [0.15, 0.2) is 5.82 Å². The van der Waals surface area contributed by atoms with E-state index < -0.39 is 17.8 Å². The van der Waals surface area contributed by atoms with Crippen molar-refractivity contribution in [2.45, 2.75) is 19.4 Å². The van der Waals surface area contributed by atoms with Crippen molar-refractivity contribution in [3.8, 4) is 0 Å². The lowest BCUT2D eigenvalue weighted by Crippen LogP contribution is -2.32. The maximum atomic E-state index is 14.6. The van der Waals surface area contributed by atoms with E-state index in [9.17, 15) is 14.0 Å². The number of ether oxygens (including phenoxy) is 4. The van der Waals surface area contributed by atoms with E-state index in [0.29, 0.717) is 38.5 Å². The number of rotatable bonds is 18. The standard InChI is InChI=1S/C27H34ClFN6O6/c1-19(32-25(36)10-7-22-24(35(18-30)34-31)9-8-23(28)26(22)29)17-20-3-5-21(6-4-20)33-27(37)41-16-15-40-14-13-39-12-11-38-2/h3-10,18-19,30-31H,11-17H2,1-2H3,(H,32,36)(H,33,37)/b10-7+,30-18?,34-31?. The molecular weight excluding hydrogens is 559 g/mol. The van der Waals surface area contributed by atoms with Crippen LogP contribution in [0.4, 0.5) is 20.6 Å². The molecule has 2 amide bonds. The Labute approximate surface area is 242 Å². The van der Waals surface area contributed by atoms with Crippen molar-refractivity contribution >= 4 is 47.4 Å². The number of carbonyl (C=O) groups excluding carboxylic acids is 2. The van der Waals surface area contributed by atoms with Gasteiger partial charge in [0, 0.05) is 30.5 Å². The third kappa shape index (κ3) is 12.0. The summed E-state index contributed by atoms with van der Waals surface area (Å²) >= 11 is 5.86. The molecule has 0 fully saturated rings. The van der Waals surface area contributed by atoms with Crippen LogP contribution in [0.15, 0.2) is 47.7 Å². The molecule has 12 nitrogen and oxygen atoms in total. The Bertz CT molecular complexity index is 1180. The van der Waals surface area contributed by atoms with Gasteiger partial charge >= 0.3 is 6.09 Å². The van der Waals surface area contributed by atoms with Gasteiger partial charge in [-0.25, -0.2) is 14.2 Å². The molecule has 0 aliphatic heterocycles. The maximum Gasteiger partial charge on any atom is 0.411 e. The number of anilines is 2. The Balaban J connectivity index is 1.78. The zero-order valence-electron chi connectivity index (χ0n) is 22.8. The smallest absolute Gasteiger partial charge is 0.411 e. The molecule has 0 saturated heterocycles.